The van der Waals surface area contributed by atoms with E-state index < -0.39 is 11.7 Å². The van der Waals surface area contributed by atoms with Crippen LogP contribution >= 0.6 is 11.6 Å². The number of rotatable bonds is 4. The lowest BCUT2D eigenvalue weighted by Gasteiger charge is -2.06. The molecule has 0 aliphatic carbocycles. The minimum absolute atomic E-state index is 0.198. The Bertz CT molecular complexity index is 672. The van der Waals surface area contributed by atoms with Crippen LogP contribution in [-0.4, -0.2) is 18.3 Å². The number of hydrogen-bond donors (Lipinski definition) is 1. The Morgan fingerprint density at radius 1 is 1.27 bits per heavy atom. The average molecular weight is 330 g/mol. The SMILES string of the molecule is COc1ccc(/C=N\Nc2ccc(C(F)(F)F)cn2)cc1Cl. The molecule has 0 fully saturated rings. The fourth-order valence-corrected chi connectivity index (χ4v) is 1.83. The van der Waals surface area contributed by atoms with Crippen molar-refractivity contribution in [3.63, 3.8) is 0 Å². The van der Waals surface area contributed by atoms with Crippen molar-refractivity contribution in [2.24, 2.45) is 5.10 Å². The summed E-state index contributed by atoms with van der Waals surface area (Å²) >= 11 is 5.96. The first-order valence-corrected chi connectivity index (χ1v) is 6.44. The van der Waals surface area contributed by atoms with E-state index in [4.69, 9.17) is 16.3 Å². The number of alkyl halides is 3. The van der Waals surface area contributed by atoms with Crippen molar-refractivity contribution in [1.82, 2.24) is 4.98 Å². The Morgan fingerprint density at radius 2 is 2.05 bits per heavy atom. The summed E-state index contributed by atoms with van der Waals surface area (Å²) in [7, 11) is 1.51. The summed E-state index contributed by atoms with van der Waals surface area (Å²) in [5, 5.41) is 4.31. The predicted molar refractivity (Wildman–Crippen MR) is 78.5 cm³/mol. The number of hydrogen-bond acceptors (Lipinski definition) is 4. The van der Waals surface area contributed by atoms with Gasteiger partial charge in [0.15, 0.2) is 0 Å². The molecule has 116 valence electrons. The summed E-state index contributed by atoms with van der Waals surface area (Å²) in [6.45, 7) is 0. The summed E-state index contributed by atoms with van der Waals surface area (Å²) in [5.74, 6) is 0.736. The Balaban J connectivity index is 2.02. The highest BCUT2D eigenvalue weighted by atomic mass is 35.5. The molecule has 22 heavy (non-hydrogen) atoms. The number of halogens is 4. The van der Waals surface area contributed by atoms with Gasteiger partial charge in [-0.25, -0.2) is 4.98 Å². The fraction of sp³-hybridized carbons (Fsp3) is 0.143. The minimum atomic E-state index is -4.41. The number of nitrogens with one attached hydrogen (secondary N) is 1. The van der Waals surface area contributed by atoms with Gasteiger partial charge in [0.25, 0.3) is 0 Å². The summed E-state index contributed by atoms with van der Waals surface area (Å²) < 4.78 is 42.2. The first-order chi connectivity index (χ1) is 10.4. The van der Waals surface area contributed by atoms with Crippen LogP contribution in [-0.2, 0) is 6.18 Å². The van der Waals surface area contributed by atoms with Crippen LogP contribution in [0.4, 0.5) is 19.0 Å². The zero-order chi connectivity index (χ0) is 16.2. The highest BCUT2D eigenvalue weighted by Crippen LogP contribution is 2.28. The molecule has 8 heteroatoms. The van der Waals surface area contributed by atoms with Gasteiger partial charge in [-0.05, 0) is 35.9 Å². The molecular weight excluding hydrogens is 319 g/mol. The lowest BCUT2D eigenvalue weighted by atomic mass is 10.2. The molecule has 0 atom stereocenters. The molecule has 0 saturated carbocycles. The second kappa shape index (κ2) is 6.65. The van der Waals surface area contributed by atoms with Crippen LogP contribution in [0.5, 0.6) is 5.75 Å². The molecular formula is C14H11ClF3N3O. The first kappa shape index (κ1) is 16.1. The molecule has 1 N–H and O–H groups in total. The van der Waals surface area contributed by atoms with Gasteiger partial charge in [0, 0.05) is 6.20 Å². The largest absolute Gasteiger partial charge is 0.495 e. The Kier molecular flexibility index (Phi) is 4.87. The van der Waals surface area contributed by atoms with Crippen molar-refractivity contribution in [3.8, 4) is 5.75 Å². The second-order valence-electron chi connectivity index (χ2n) is 4.19. The van der Waals surface area contributed by atoms with E-state index in [1.807, 2.05) is 0 Å². The third kappa shape index (κ3) is 4.11. The molecule has 0 saturated heterocycles. The lowest BCUT2D eigenvalue weighted by Crippen LogP contribution is -2.05. The molecule has 2 rings (SSSR count). The Labute approximate surface area is 129 Å². The quantitative estimate of drug-likeness (QED) is 0.675. The Morgan fingerprint density at radius 3 is 2.59 bits per heavy atom. The van der Waals surface area contributed by atoms with Gasteiger partial charge in [-0.3, -0.25) is 5.43 Å². The van der Waals surface area contributed by atoms with E-state index >= 15 is 0 Å². The molecule has 0 aliphatic heterocycles. The van der Waals surface area contributed by atoms with Crippen LogP contribution in [0.25, 0.3) is 0 Å². The maximum atomic E-state index is 12.4. The molecule has 0 spiro atoms. The normalized spacial score (nSPS) is 11.7. The summed E-state index contributed by atoms with van der Waals surface area (Å²) in [6, 6.07) is 7.18. The number of nitrogens with zero attached hydrogens (tertiary/aromatic N) is 2. The van der Waals surface area contributed by atoms with Crippen molar-refractivity contribution in [1.29, 1.82) is 0 Å². The van der Waals surface area contributed by atoms with Gasteiger partial charge < -0.3 is 4.74 Å². The van der Waals surface area contributed by atoms with Crippen LogP contribution in [0, 0.1) is 0 Å². The van der Waals surface area contributed by atoms with Crippen LogP contribution in [0.15, 0.2) is 41.6 Å². The maximum absolute atomic E-state index is 12.4. The molecule has 1 aromatic carbocycles. The van der Waals surface area contributed by atoms with Crippen LogP contribution in [0.1, 0.15) is 11.1 Å². The second-order valence-corrected chi connectivity index (χ2v) is 4.60. The number of hydrazone groups is 1. The van der Waals surface area contributed by atoms with E-state index in [0.29, 0.717) is 16.3 Å². The van der Waals surface area contributed by atoms with Gasteiger partial charge in [-0.2, -0.15) is 18.3 Å². The number of pyridine rings is 1. The number of aromatic nitrogens is 1. The summed E-state index contributed by atoms with van der Waals surface area (Å²) in [6.07, 6.45) is -2.21. The molecule has 0 radical (unpaired) electrons. The van der Waals surface area contributed by atoms with Crippen molar-refractivity contribution in [2.45, 2.75) is 6.18 Å². The summed E-state index contributed by atoms with van der Waals surface area (Å²) in [5.41, 5.74) is 2.42. The fourth-order valence-electron chi connectivity index (χ4n) is 1.56. The third-order valence-electron chi connectivity index (χ3n) is 2.66. The number of benzene rings is 1. The van der Waals surface area contributed by atoms with E-state index in [-0.39, 0.29) is 5.82 Å². The predicted octanol–water partition coefficient (Wildman–Crippen LogP) is 4.21. The molecule has 0 unspecified atom stereocenters. The third-order valence-corrected chi connectivity index (χ3v) is 2.95. The van der Waals surface area contributed by atoms with E-state index in [0.717, 1.165) is 12.3 Å². The average Bonchev–Trinajstić information content (AvgIpc) is 2.47. The van der Waals surface area contributed by atoms with Crippen LogP contribution in [0.3, 0.4) is 0 Å². The van der Waals surface area contributed by atoms with Crippen LogP contribution in [0.2, 0.25) is 5.02 Å². The van der Waals surface area contributed by atoms with Crippen LogP contribution < -0.4 is 10.2 Å². The van der Waals surface area contributed by atoms with Crippen molar-refractivity contribution < 1.29 is 17.9 Å². The van der Waals surface area contributed by atoms with E-state index in [9.17, 15) is 13.2 Å². The minimum Gasteiger partial charge on any atom is -0.495 e. The van der Waals surface area contributed by atoms with E-state index in [2.05, 4.69) is 15.5 Å². The monoisotopic (exact) mass is 329 g/mol. The number of methoxy groups -OCH3 is 1. The highest BCUT2D eigenvalue weighted by Gasteiger charge is 2.30. The van der Waals surface area contributed by atoms with Crippen molar-refractivity contribution in [2.75, 3.05) is 12.5 Å². The van der Waals surface area contributed by atoms with Crippen molar-refractivity contribution >= 4 is 23.6 Å². The molecule has 0 bridgehead atoms. The van der Waals surface area contributed by atoms with E-state index in [1.54, 1.807) is 18.2 Å². The van der Waals surface area contributed by atoms with Gasteiger partial charge in [0.05, 0.1) is 23.9 Å². The summed E-state index contributed by atoms with van der Waals surface area (Å²) in [4.78, 5) is 3.63. The smallest absolute Gasteiger partial charge is 0.417 e. The topological polar surface area (TPSA) is 46.5 Å². The zero-order valence-electron chi connectivity index (χ0n) is 11.4. The number of anilines is 1. The van der Waals surface area contributed by atoms with Crippen molar-refractivity contribution in [3.05, 3.63) is 52.7 Å². The molecule has 0 amide bonds. The molecule has 1 aromatic heterocycles. The maximum Gasteiger partial charge on any atom is 0.417 e. The zero-order valence-corrected chi connectivity index (χ0v) is 12.1. The van der Waals surface area contributed by atoms with Gasteiger partial charge in [0.2, 0.25) is 0 Å². The van der Waals surface area contributed by atoms with Gasteiger partial charge in [0.1, 0.15) is 11.6 Å². The van der Waals surface area contributed by atoms with Gasteiger partial charge in [-0.15, -0.1) is 0 Å². The standard InChI is InChI=1S/C14H11ClF3N3O/c1-22-12-4-2-9(6-11(12)15)7-20-21-13-5-3-10(8-19-13)14(16,17)18/h2-8H,1H3,(H,19,21)/b20-7-. The highest BCUT2D eigenvalue weighted by molar-refractivity contribution is 6.32. The molecule has 0 aliphatic rings. The molecule has 2 aromatic rings. The molecule has 4 nitrogen and oxygen atoms in total. The number of ether oxygens (including phenoxy) is 1. The van der Waals surface area contributed by atoms with Gasteiger partial charge in [-0.1, -0.05) is 11.6 Å². The first-order valence-electron chi connectivity index (χ1n) is 6.06. The molecule has 1 heterocycles. The van der Waals surface area contributed by atoms with E-state index in [1.165, 1.54) is 19.4 Å². The Hall–Kier alpha value is -2.28. The van der Waals surface area contributed by atoms with Gasteiger partial charge >= 0.3 is 6.18 Å². The lowest BCUT2D eigenvalue weighted by molar-refractivity contribution is -0.137.